The van der Waals surface area contributed by atoms with Crippen LogP contribution in [0.3, 0.4) is 0 Å². The number of halogens is 2. The van der Waals surface area contributed by atoms with Gasteiger partial charge in [0, 0.05) is 31.2 Å². The number of thiocarbonyl (C=S) groups is 1. The maximum atomic E-state index is 12.0. The lowest BCUT2D eigenvalue weighted by Gasteiger charge is -2.11. The number of rotatable bonds is 7. The fourth-order valence-corrected chi connectivity index (χ4v) is 2.00. The molecule has 0 amide bonds. The van der Waals surface area contributed by atoms with E-state index in [9.17, 15) is 8.78 Å². The Morgan fingerprint density at radius 1 is 1.32 bits per heavy atom. The molecule has 0 fully saturated rings. The summed E-state index contributed by atoms with van der Waals surface area (Å²) in [6.07, 6.45) is 6.31. The summed E-state index contributed by atoms with van der Waals surface area (Å²) in [6, 6.07) is 6.15. The van der Waals surface area contributed by atoms with Crippen molar-refractivity contribution in [2.24, 2.45) is 0 Å². The van der Waals surface area contributed by atoms with Gasteiger partial charge < -0.3 is 19.9 Å². The summed E-state index contributed by atoms with van der Waals surface area (Å²) < 4.78 is 30.3. The van der Waals surface area contributed by atoms with Crippen molar-refractivity contribution in [1.29, 1.82) is 0 Å². The predicted octanol–water partition coefficient (Wildman–Crippen LogP) is 2.86. The molecular formula is C14H16F2N4OS. The minimum atomic E-state index is -2.82. The van der Waals surface area contributed by atoms with Crippen molar-refractivity contribution < 1.29 is 13.5 Å². The van der Waals surface area contributed by atoms with Gasteiger partial charge in [0.05, 0.1) is 6.33 Å². The van der Waals surface area contributed by atoms with Gasteiger partial charge in [-0.05, 0) is 42.9 Å². The number of hydrogen-bond acceptors (Lipinski definition) is 3. The van der Waals surface area contributed by atoms with E-state index in [2.05, 4.69) is 20.4 Å². The second-order valence-electron chi connectivity index (χ2n) is 4.44. The Labute approximate surface area is 132 Å². The van der Waals surface area contributed by atoms with Crippen molar-refractivity contribution >= 4 is 23.0 Å². The highest BCUT2D eigenvalue weighted by atomic mass is 32.1. The molecule has 0 atom stereocenters. The number of nitrogens with one attached hydrogen (secondary N) is 2. The SMILES string of the molecule is FC(F)Oc1ccc(NC(=S)NCCCn2ccnc2)cc1. The van der Waals surface area contributed by atoms with Crippen LogP contribution in [0.1, 0.15) is 6.42 Å². The lowest BCUT2D eigenvalue weighted by atomic mass is 10.3. The first-order valence-corrected chi connectivity index (χ1v) is 7.10. The number of imidazole rings is 1. The van der Waals surface area contributed by atoms with Crippen LogP contribution < -0.4 is 15.4 Å². The zero-order valence-corrected chi connectivity index (χ0v) is 12.5. The number of anilines is 1. The predicted molar refractivity (Wildman–Crippen MR) is 84.1 cm³/mol. The van der Waals surface area contributed by atoms with E-state index in [0.29, 0.717) is 10.8 Å². The van der Waals surface area contributed by atoms with Gasteiger partial charge in [-0.1, -0.05) is 0 Å². The number of alkyl halides is 2. The number of aromatic nitrogens is 2. The Morgan fingerprint density at radius 3 is 2.73 bits per heavy atom. The van der Waals surface area contributed by atoms with E-state index in [1.54, 1.807) is 24.7 Å². The summed E-state index contributed by atoms with van der Waals surface area (Å²) in [5.41, 5.74) is 0.703. The van der Waals surface area contributed by atoms with E-state index < -0.39 is 6.61 Å². The highest BCUT2D eigenvalue weighted by molar-refractivity contribution is 7.80. The molecule has 2 N–H and O–H groups in total. The molecule has 0 aliphatic rings. The third-order valence-electron chi connectivity index (χ3n) is 2.78. The van der Waals surface area contributed by atoms with E-state index in [-0.39, 0.29) is 5.75 Å². The van der Waals surface area contributed by atoms with Gasteiger partial charge in [0.2, 0.25) is 0 Å². The standard InChI is InChI=1S/C14H16F2N4OS/c15-13(16)21-12-4-2-11(3-5-12)19-14(22)18-6-1-8-20-9-7-17-10-20/h2-5,7,9-10,13H,1,6,8H2,(H2,18,19,22). The van der Waals surface area contributed by atoms with Crippen LogP contribution in [0.25, 0.3) is 0 Å². The number of hydrogen-bond donors (Lipinski definition) is 2. The van der Waals surface area contributed by atoms with Crippen LogP contribution in [0.2, 0.25) is 0 Å². The minimum Gasteiger partial charge on any atom is -0.435 e. The highest BCUT2D eigenvalue weighted by Crippen LogP contribution is 2.17. The summed E-state index contributed by atoms with van der Waals surface area (Å²) in [5.74, 6) is 0.111. The molecule has 1 aromatic heterocycles. The number of benzene rings is 1. The molecule has 0 radical (unpaired) electrons. The average Bonchev–Trinajstić information content (AvgIpc) is 2.98. The van der Waals surface area contributed by atoms with Crippen LogP contribution in [-0.4, -0.2) is 27.8 Å². The topological polar surface area (TPSA) is 51.1 Å². The van der Waals surface area contributed by atoms with Gasteiger partial charge in [0.25, 0.3) is 0 Å². The molecule has 118 valence electrons. The molecule has 22 heavy (non-hydrogen) atoms. The van der Waals surface area contributed by atoms with Gasteiger partial charge in [-0.2, -0.15) is 8.78 Å². The van der Waals surface area contributed by atoms with Crippen molar-refractivity contribution in [3.05, 3.63) is 43.0 Å². The van der Waals surface area contributed by atoms with Crippen LogP contribution in [0.5, 0.6) is 5.75 Å². The number of ether oxygens (including phenoxy) is 1. The van der Waals surface area contributed by atoms with Crippen molar-refractivity contribution in [3.63, 3.8) is 0 Å². The molecule has 2 aromatic rings. The molecular weight excluding hydrogens is 310 g/mol. The van der Waals surface area contributed by atoms with Gasteiger partial charge in [0.1, 0.15) is 5.75 Å². The van der Waals surface area contributed by atoms with Crippen LogP contribution in [0, 0.1) is 0 Å². The van der Waals surface area contributed by atoms with Crippen LogP contribution >= 0.6 is 12.2 Å². The van der Waals surface area contributed by atoms with E-state index in [0.717, 1.165) is 19.5 Å². The first-order chi connectivity index (χ1) is 10.6. The van der Waals surface area contributed by atoms with Gasteiger partial charge in [-0.25, -0.2) is 4.98 Å². The van der Waals surface area contributed by atoms with Crippen LogP contribution in [0.15, 0.2) is 43.0 Å². The summed E-state index contributed by atoms with van der Waals surface area (Å²) in [6.45, 7) is -1.25. The van der Waals surface area contributed by atoms with E-state index >= 15 is 0 Å². The Hall–Kier alpha value is -2.22. The zero-order chi connectivity index (χ0) is 15.8. The minimum absolute atomic E-state index is 0.111. The third-order valence-corrected chi connectivity index (χ3v) is 3.02. The second-order valence-corrected chi connectivity index (χ2v) is 4.85. The fourth-order valence-electron chi connectivity index (χ4n) is 1.78. The Kier molecular flexibility index (Phi) is 6.08. The molecule has 1 aromatic carbocycles. The maximum absolute atomic E-state index is 12.0. The zero-order valence-electron chi connectivity index (χ0n) is 11.7. The van der Waals surface area contributed by atoms with E-state index in [1.807, 2.05) is 10.8 Å². The first kappa shape index (κ1) is 16.2. The number of aryl methyl sites for hydroxylation is 1. The molecule has 0 bridgehead atoms. The molecule has 1 heterocycles. The van der Waals surface area contributed by atoms with E-state index in [1.165, 1.54) is 12.1 Å². The van der Waals surface area contributed by atoms with Crippen molar-refractivity contribution in [3.8, 4) is 5.75 Å². The lowest BCUT2D eigenvalue weighted by molar-refractivity contribution is -0.0498. The molecule has 0 spiro atoms. The largest absolute Gasteiger partial charge is 0.435 e. The highest BCUT2D eigenvalue weighted by Gasteiger charge is 2.04. The van der Waals surface area contributed by atoms with Gasteiger partial charge in [-0.3, -0.25) is 0 Å². The van der Waals surface area contributed by atoms with Crippen molar-refractivity contribution in [2.45, 2.75) is 19.6 Å². The molecule has 8 heteroatoms. The first-order valence-electron chi connectivity index (χ1n) is 6.69. The van der Waals surface area contributed by atoms with Crippen LogP contribution in [-0.2, 0) is 6.54 Å². The smallest absolute Gasteiger partial charge is 0.387 e. The summed E-state index contributed by atoms with van der Waals surface area (Å²) in [4.78, 5) is 3.96. The second kappa shape index (κ2) is 8.28. The molecule has 0 saturated carbocycles. The average molecular weight is 326 g/mol. The van der Waals surface area contributed by atoms with Gasteiger partial charge in [-0.15, -0.1) is 0 Å². The summed E-state index contributed by atoms with van der Waals surface area (Å²) >= 11 is 5.16. The summed E-state index contributed by atoms with van der Waals surface area (Å²) in [7, 11) is 0. The Bertz CT molecular complexity index is 575. The van der Waals surface area contributed by atoms with Gasteiger partial charge in [0.15, 0.2) is 5.11 Å². The summed E-state index contributed by atoms with van der Waals surface area (Å²) in [5, 5.41) is 6.53. The molecule has 0 saturated heterocycles. The molecule has 2 rings (SSSR count). The monoisotopic (exact) mass is 326 g/mol. The normalized spacial score (nSPS) is 10.5. The van der Waals surface area contributed by atoms with E-state index in [4.69, 9.17) is 12.2 Å². The fraction of sp³-hybridized carbons (Fsp3) is 0.286. The third kappa shape index (κ3) is 5.65. The molecule has 0 unspecified atom stereocenters. The van der Waals surface area contributed by atoms with Gasteiger partial charge >= 0.3 is 6.61 Å². The van der Waals surface area contributed by atoms with Crippen molar-refractivity contribution in [1.82, 2.24) is 14.9 Å². The Balaban J connectivity index is 1.68. The lowest BCUT2D eigenvalue weighted by Crippen LogP contribution is -2.29. The Morgan fingerprint density at radius 2 is 2.09 bits per heavy atom. The van der Waals surface area contributed by atoms with Crippen molar-refractivity contribution in [2.75, 3.05) is 11.9 Å². The molecule has 0 aliphatic carbocycles. The quantitative estimate of drug-likeness (QED) is 0.605. The number of nitrogens with zero attached hydrogens (tertiary/aromatic N) is 2. The molecule has 5 nitrogen and oxygen atoms in total. The maximum Gasteiger partial charge on any atom is 0.387 e. The molecule has 0 aliphatic heterocycles. The van der Waals surface area contributed by atoms with Crippen LogP contribution in [0.4, 0.5) is 14.5 Å².